The third kappa shape index (κ3) is 6.00. The number of carbonyl (C=O) groups excluding carboxylic acids is 1. The normalized spacial score (nSPS) is 15.5. The van der Waals surface area contributed by atoms with Crippen molar-refractivity contribution in [3.05, 3.63) is 52.0 Å². The van der Waals surface area contributed by atoms with E-state index in [2.05, 4.69) is 30.0 Å². The molecule has 0 saturated carbocycles. The Balaban J connectivity index is 0.000000555. The lowest BCUT2D eigenvalue weighted by atomic mass is 10.1. The molecule has 1 aliphatic heterocycles. The van der Waals surface area contributed by atoms with Crippen molar-refractivity contribution in [1.29, 1.82) is 5.26 Å². The number of hydrogen-bond acceptors (Lipinski definition) is 6. The molecule has 2 aromatic carbocycles. The fraction of sp³-hybridized carbons (Fsp3) is 0.360. The highest BCUT2D eigenvalue weighted by Gasteiger charge is 2.28. The summed E-state index contributed by atoms with van der Waals surface area (Å²) in [4.78, 5) is 23.8. The molecule has 8 heteroatoms. The van der Waals surface area contributed by atoms with E-state index in [1.165, 1.54) is 0 Å². The topological polar surface area (TPSA) is 73.1 Å². The highest BCUT2D eigenvalue weighted by molar-refractivity contribution is 6.42. The van der Waals surface area contributed by atoms with Gasteiger partial charge < -0.3 is 14.6 Å². The van der Waals surface area contributed by atoms with E-state index in [1.807, 2.05) is 32.0 Å². The number of nitriles is 1. The summed E-state index contributed by atoms with van der Waals surface area (Å²) in [6.07, 6.45) is 1.98. The lowest BCUT2D eigenvalue weighted by Crippen LogP contribution is -2.32. The van der Waals surface area contributed by atoms with Gasteiger partial charge in [-0.25, -0.2) is 9.97 Å². The number of rotatable bonds is 4. The van der Waals surface area contributed by atoms with Crippen LogP contribution in [0.1, 0.15) is 25.8 Å². The van der Waals surface area contributed by atoms with Crippen molar-refractivity contribution < 1.29 is 4.79 Å². The number of carbonyl (C=O) groups is 1. The highest BCUT2D eigenvalue weighted by atomic mass is 35.5. The number of benzene rings is 2. The Hall–Kier alpha value is -2.72. The molecule has 0 radical (unpaired) electrons. The Morgan fingerprint density at radius 2 is 1.79 bits per heavy atom. The average molecular weight is 484 g/mol. The van der Waals surface area contributed by atoms with Crippen LogP contribution in [0.5, 0.6) is 0 Å². The molecular weight excluding hydrogens is 457 g/mol. The van der Waals surface area contributed by atoms with Crippen LogP contribution in [0.3, 0.4) is 0 Å². The third-order valence-electron chi connectivity index (χ3n) is 5.42. The van der Waals surface area contributed by atoms with E-state index in [0.717, 1.165) is 42.9 Å². The van der Waals surface area contributed by atoms with Crippen LogP contribution in [0.15, 0.2) is 36.4 Å². The van der Waals surface area contributed by atoms with Gasteiger partial charge in [0.25, 0.3) is 0 Å². The molecule has 0 amide bonds. The SMILES string of the molecule is CC(C)C=O.CN(C)C1CCN(c2nc3cc(Cl)c(Cl)cc3nc2-c2cccc(C#N)c2)C1. The van der Waals surface area contributed by atoms with Crippen molar-refractivity contribution >= 4 is 46.3 Å². The lowest BCUT2D eigenvalue weighted by Gasteiger charge is -2.23. The van der Waals surface area contributed by atoms with Gasteiger partial charge in [0.05, 0.1) is 32.7 Å². The summed E-state index contributed by atoms with van der Waals surface area (Å²) in [6.45, 7) is 5.48. The van der Waals surface area contributed by atoms with Crippen LogP contribution in [-0.4, -0.2) is 54.4 Å². The summed E-state index contributed by atoms with van der Waals surface area (Å²) in [5.41, 5.74) is 3.59. The van der Waals surface area contributed by atoms with E-state index >= 15 is 0 Å². The minimum Gasteiger partial charge on any atom is -0.353 e. The first-order valence-corrected chi connectivity index (χ1v) is 11.5. The second kappa shape index (κ2) is 10.9. The summed E-state index contributed by atoms with van der Waals surface area (Å²) in [6, 6.07) is 13.6. The van der Waals surface area contributed by atoms with E-state index in [0.29, 0.717) is 32.7 Å². The van der Waals surface area contributed by atoms with Gasteiger partial charge in [-0.1, -0.05) is 49.2 Å². The molecule has 2 heterocycles. The van der Waals surface area contributed by atoms with E-state index in [9.17, 15) is 10.1 Å². The lowest BCUT2D eigenvalue weighted by molar-refractivity contribution is -0.110. The molecule has 0 bridgehead atoms. The zero-order chi connectivity index (χ0) is 24.1. The molecule has 1 unspecified atom stereocenters. The van der Waals surface area contributed by atoms with Gasteiger partial charge in [0.1, 0.15) is 12.0 Å². The van der Waals surface area contributed by atoms with Gasteiger partial charge in [-0.15, -0.1) is 0 Å². The third-order valence-corrected chi connectivity index (χ3v) is 6.14. The van der Waals surface area contributed by atoms with Crippen LogP contribution in [0.4, 0.5) is 5.82 Å². The fourth-order valence-electron chi connectivity index (χ4n) is 3.55. The molecule has 1 saturated heterocycles. The van der Waals surface area contributed by atoms with Gasteiger partial charge in [0, 0.05) is 30.6 Å². The van der Waals surface area contributed by atoms with Crippen molar-refractivity contribution in [2.75, 3.05) is 32.1 Å². The Morgan fingerprint density at radius 3 is 2.33 bits per heavy atom. The number of anilines is 1. The molecule has 172 valence electrons. The Morgan fingerprint density at radius 1 is 1.15 bits per heavy atom. The van der Waals surface area contributed by atoms with Crippen molar-refractivity contribution in [1.82, 2.24) is 14.9 Å². The molecule has 0 aliphatic carbocycles. The molecule has 3 aromatic rings. The van der Waals surface area contributed by atoms with Crippen LogP contribution in [0.25, 0.3) is 22.3 Å². The highest BCUT2D eigenvalue weighted by Crippen LogP contribution is 2.34. The van der Waals surface area contributed by atoms with Crippen LogP contribution in [-0.2, 0) is 4.79 Å². The monoisotopic (exact) mass is 483 g/mol. The van der Waals surface area contributed by atoms with Gasteiger partial charge in [-0.3, -0.25) is 0 Å². The maximum atomic E-state index is 9.50. The standard InChI is InChI=1S/C21H19Cl2N5.C4H8O/c1-27(2)15-6-7-28(12-15)21-20(14-5-3-4-13(8-14)11-24)25-18-9-16(22)17(23)10-19(18)26-21;1-4(2)3-5/h3-5,8-10,15H,6-7,12H2,1-2H3;3-4H,1-2H3. The van der Waals surface area contributed by atoms with E-state index in [1.54, 1.807) is 18.2 Å². The van der Waals surface area contributed by atoms with Gasteiger partial charge >= 0.3 is 0 Å². The van der Waals surface area contributed by atoms with Gasteiger partial charge in [-0.05, 0) is 44.8 Å². The molecule has 6 nitrogen and oxygen atoms in total. The summed E-state index contributed by atoms with van der Waals surface area (Å²) in [5.74, 6) is 1.01. The maximum absolute atomic E-state index is 9.50. The number of halogens is 2. The Labute approximate surface area is 204 Å². The van der Waals surface area contributed by atoms with E-state index in [4.69, 9.17) is 33.2 Å². The number of likely N-dealkylation sites (N-methyl/N-ethyl adjacent to an activating group) is 1. The molecule has 0 spiro atoms. The molecule has 1 atom stereocenters. The van der Waals surface area contributed by atoms with E-state index < -0.39 is 0 Å². The second-order valence-electron chi connectivity index (χ2n) is 8.58. The number of hydrogen-bond donors (Lipinski definition) is 0. The first-order chi connectivity index (χ1) is 15.7. The quantitative estimate of drug-likeness (QED) is 0.458. The Bertz CT molecular complexity index is 1190. The summed E-state index contributed by atoms with van der Waals surface area (Å²) in [5, 5.41) is 10.2. The minimum absolute atomic E-state index is 0.204. The van der Waals surface area contributed by atoms with Gasteiger partial charge in [0.2, 0.25) is 0 Å². The predicted octanol–water partition coefficient (Wildman–Crippen LogP) is 5.46. The molecule has 1 aliphatic rings. The number of nitrogens with zero attached hydrogens (tertiary/aromatic N) is 5. The van der Waals surface area contributed by atoms with Crippen LogP contribution >= 0.6 is 23.2 Å². The van der Waals surface area contributed by atoms with Crippen LogP contribution < -0.4 is 4.90 Å². The van der Waals surface area contributed by atoms with Crippen molar-refractivity contribution in [3.63, 3.8) is 0 Å². The first kappa shape index (κ1) is 24.9. The van der Waals surface area contributed by atoms with Gasteiger partial charge in [-0.2, -0.15) is 5.26 Å². The predicted molar refractivity (Wildman–Crippen MR) is 135 cm³/mol. The summed E-state index contributed by atoms with van der Waals surface area (Å²) in [7, 11) is 4.19. The Kier molecular flexibility index (Phi) is 8.25. The average Bonchev–Trinajstić information content (AvgIpc) is 3.30. The van der Waals surface area contributed by atoms with Gasteiger partial charge in [0.15, 0.2) is 5.82 Å². The molecule has 1 aromatic heterocycles. The first-order valence-electron chi connectivity index (χ1n) is 10.8. The number of aldehydes is 1. The second-order valence-corrected chi connectivity index (χ2v) is 9.39. The molecule has 1 fully saturated rings. The number of fused-ring (bicyclic) bond motifs is 1. The molecular formula is C25H27Cl2N5O. The van der Waals surface area contributed by atoms with Crippen molar-refractivity contribution in [3.8, 4) is 17.3 Å². The van der Waals surface area contributed by atoms with Crippen LogP contribution in [0, 0.1) is 17.2 Å². The summed E-state index contributed by atoms with van der Waals surface area (Å²) < 4.78 is 0. The van der Waals surface area contributed by atoms with Crippen molar-refractivity contribution in [2.24, 2.45) is 5.92 Å². The zero-order valence-corrected chi connectivity index (χ0v) is 20.7. The molecule has 0 N–H and O–H groups in total. The molecule has 33 heavy (non-hydrogen) atoms. The maximum Gasteiger partial charge on any atom is 0.156 e. The molecule has 4 rings (SSSR count). The minimum atomic E-state index is 0.204. The number of aromatic nitrogens is 2. The zero-order valence-electron chi connectivity index (χ0n) is 19.2. The van der Waals surface area contributed by atoms with Crippen LogP contribution in [0.2, 0.25) is 10.0 Å². The van der Waals surface area contributed by atoms with E-state index in [-0.39, 0.29) is 5.92 Å². The summed E-state index contributed by atoms with van der Waals surface area (Å²) >= 11 is 12.4. The fourth-order valence-corrected chi connectivity index (χ4v) is 3.86. The van der Waals surface area contributed by atoms with Crippen molar-refractivity contribution in [2.45, 2.75) is 26.3 Å². The smallest absolute Gasteiger partial charge is 0.156 e. The largest absolute Gasteiger partial charge is 0.353 e.